The van der Waals surface area contributed by atoms with E-state index in [1.54, 1.807) is 0 Å². The number of hydrogen-bond donors (Lipinski definition) is 1. The molecule has 0 aromatic heterocycles. The molecule has 0 aliphatic carbocycles. The second kappa shape index (κ2) is 11.9. The molecule has 1 saturated heterocycles. The van der Waals surface area contributed by atoms with E-state index in [0.29, 0.717) is 22.2 Å². The largest absolute Gasteiger partial charge is 0.341 e. The average Bonchev–Trinajstić information content (AvgIpc) is 3.19. The Morgan fingerprint density at radius 1 is 1.05 bits per heavy atom. The molecule has 2 atom stereocenters. The third-order valence-electron chi connectivity index (χ3n) is 8.81. The van der Waals surface area contributed by atoms with Crippen LogP contribution < -0.4 is 10.2 Å². The number of amides is 2. The number of anilines is 1. The molecule has 1 fully saturated rings. The summed E-state index contributed by atoms with van der Waals surface area (Å²) in [4.78, 5) is 29.8. The molecule has 5 nitrogen and oxygen atoms in total. The molecule has 3 aromatic carbocycles. The molecule has 1 N–H and O–H groups in total. The van der Waals surface area contributed by atoms with E-state index in [2.05, 4.69) is 29.6 Å². The molecule has 5 rings (SSSR count). The smallest absolute Gasteiger partial charge is 0.253 e. The summed E-state index contributed by atoms with van der Waals surface area (Å²) in [5.74, 6) is 0.0140. The minimum Gasteiger partial charge on any atom is -0.341 e. The van der Waals surface area contributed by atoms with Crippen molar-refractivity contribution < 1.29 is 9.59 Å². The molecular formula is C33H37Cl2N3O2. The zero-order valence-corrected chi connectivity index (χ0v) is 24.9. The lowest BCUT2D eigenvalue weighted by Crippen LogP contribution is -2.50. The van der Waals surface area contributed by atoms with Gasteiger partial charge >= 0.3 is 0 Å². The van der Waals surface area contributed by atoms with Crippen LogP contribution in [0, 0.1) is 13.8 Å². The summed E-state index contributed by atoms with van der Waals surface area (Å²) in [5, 5.41) is 4.52. The number of benzene rings is 3. The first-order chi connectivity index (χ1) is 19.2. The zero-order chi connectivity index (χ0) is 28.4. The molecule has 7 heteroatoms. The minimum atomic E-state index is -0.0776. The van der Waals surface area contributed by atoms with E-state index in [1.165, 1.54) is 5.56 Å². The Balaban J connectivity index is 1.44. The second-order valence-corrected chi connectivity index (χ2v) is 12.3. The first-order valence-corrected chi connectivity index (χ1v) is 14.8. The van der Waals surface area contributed by atoms with Gasteiger partial charge in [-0.1, -0.05) is 64.7 Å². The van der Waals surface area contributed by atoms with Crippen LogP contribution in [0.4, 0.5) is 5.69 Å². The number of aryl methyl sites for hydroxylation is 2. The highest BCUT2D eigenvalue weighted by Crippen LogP contribution is 2.51. The van der Waals surface area contributed by atoms with Crippen LogP contribution in [0.15, 0.2) is 60.7 Å². The van der Waals surface area contributed by atoms with Crippen LogP contribution in [-0.4, -0.2) is 49.9 Å². The molecule has 2 heterocycles. The molecule has 40 heavy (non-hydrogen) atoms. The van der Waals surface area contributed by atoms with Gasteiger partial charge in [-0.25, -0.2) is 0 Å². The molecule has 0 radical (unpaired) electrons. The molecule has 210 valence electrons. The number of carbonyl (C=O) groups is 2. The number of rotatable bonds is 8. The van der Waals surface area contributed by atoms with Gasteiger partial charge in [-0.3, -0.25) is 9.59 Å². The third kappa shape index (κ3) is 5.52. The van der Waals surface area contributed by atoms with Crippen molar-refractivity contribution in [3.8, 4) is 0 Å². The Bertz CT molecular complexity index is 1380. The maximum absolute atomic E-state index is 13.5. The summed E-state index contributed by atoms with van der Waals surface area (Å²) in [6, 6.07) is 20.1. The van der Waals surface area contributed by atoms with Gasteiger partial charge in [0, 0.05) is 42.2 Å². The second-order valence-electron chi connectivity index (χ2n) is 11.5. The van der Waals surface area contributed by atoms with Crippen molar-refractivity contribution in [3.05, 3.63) is 98.5 Å². The molecule has 1 unspecified atom stereocenters. The normalized spacial score (nSPS) is 18.4. The number of nitrogens with one attached hydrogen (secondary N) is 1. The van der Waals surface area contributed by atoms with Crippen LogP contribution in [0.3, 0.4) is 0 Å². The van der Waals surface area contributed by atoms with Gasteiger partial charge in [-0.2, -0.15) is 0 Å². The summed E-state index contributed by atoms with van der Waals surface area (Å²) in [6.45, 7) is 6.41. The van der Waals surface area contributed by atoms with Crippen LogP contribution in [-0.2, 0) is 10.2 Å². The average molecular weight is 579 g/mol. The Hall–Kier alpha value is -2.86. The van der Waals surface area contributed by atoms with Crippen LogP contribution in [0.1, 0.15) is 64.2 Å². The SMILES string of the molecule is Cc1cc(C)cc(C(=O)N(C)C[C@@H](CCC2N(C=O)c3ccccc3C23CCNCC3)c2ccc(Cl)c(Cl)c2)c1. The summed E-state index contributed by atoms with van der Waals surface area (Å²) >= 11 is 12.7. The molecular weight excluding hydrogens is 541 g/mol. The first-order valence-electron chi connectivity index (χ1n) is 14.1. The fourth-order valence-electron chi connectivity index (χ4n) is 6.98. The van der Waals surface area contributed by atoms with Gasteiger partial charge in [0.1, 0.15) is 0 Å². The number of piperidine rings is 1. The topological polar surface area (TPSA) is 52.7 Å². The lowest BCUT2D eigenvalue weighted by atomic mass is 9.68. The number of nitrogens with zero attached hydrogens (tertiary/aromatic N) is 2. The van der Waals surface area contributed by atoms with Crippen molar-refractivity contribution in [1.82, 2.24) is 10.2 Å². The van der Waals surface area contributed by atoms with Gasteiger partial charge in [-0.05, 0) is 94.1 Å². The Morgan fingerprint density at radius 2 is 1.75 bits per heavy atom. The summed E-state index contributed by atoms with van der Waals surface area (Å²) in [6.07, 6.45) is 4.58. The van der Waals surface area contributed by atoms with Gasteiger partial charge in [0.15, 0.2) is 0 Å². The van der Waals surface area contributed by atoms with Crippen molar-refractivity contribution in [2.24, 2.45) is 0 Å². The monoisotopic (exact) mass is 577 g/mol. The van der Waals surface area contributed by atoms with Crippen molar-refractivity contribution in [2.75, 3.05) is 31.6 Å². The molecule has 0 saturated carbocycles. The van der Waals surface area contributed by atoms with Crippen molar-refractivity contribution >= 4 is 41.2 Å². The number of carbonyl (C=O) groups excluding carboxylic acids is 2. The summed E-state index contributed by atoms with van der Waals surface area (Å²) in [7, 11) is 1.86. The van der Waals surface area contributed by atoms with Crippen LogP contribution >= 0.6 is 23.2 Å². The highest BCUT2D eigenvalue weighted by molar-refractivity contribution is 6.42. The molecule has 2 amide bonds. The van der Waals surface area contributed by atoms with E-state index in [-0.39, 0.29) is 23.3 Å². The lowest BCUT2D eigenvalue weighted by Gasteiger charge is -2.41. The van der Waals surface area contributed by atoms with Gasteiger partial charge < -0.3 is 15.1 Å². The van der Waals surface area contributed by atoms with Gasteiger partial charge in [0.2, 0.25) is 6.41 Å². The number of halogens is 2. The van der Waals surface area contributed by atoms with Crippen LogP contribution in [0.2, 0.25) is 10.0 Å². The lowest BCUT2D eigenvalue weighted by molar-refractivity contribution is -0.108. The van der Waals surface area contributed by atoms with Gasteiger partial charge in [-0.15, -0.1) is 0 Å². The number of para-hydroxylation sites is 1. The summed E-state index contributed by atoms with van der Waals surface area (Å²) < 4.78 is 0. The molecule has 2 aliphatic rings. The van der Waals surface area contributed by atoms with Crippen molar-refractivity contribution in [2.45, 2.75) is 56.9 Å². The maximum atomic E-state index is 13.5. The number of likely N-dealkylation sites (N-methyl/N-ethyl adjacent to an activating group) is 1. The molecule has 3 aromatic rings. The van der Waals surface area contributed by atoms with Crippen LogP contribution in [0.5, 0.6) is 0 Å². The fraction of sp³-hybridized carbons (Fsp3) is 0.394. The van der Waals surface area contributed by atoms with Gasteiger partial charge in [0.05, 0.1) is 10.0 Å². The summed E-state index contributed by atoms with van der Waals surface area (Å²) in [5.41, 5.74) is 6.10. The maximum Gasteiger partial charge on any atom is 0.253 e. The zero-order valence-electron chi connectivity index (χ0n) is 23.4. The van der Waals surface area contributed by atoms with E-state index in [4.69, 9.17) is 23.2 Å². The van der Waals surface area contributed by atoms with E-state index in [1.807, 2.05) is 67.1 Å². The standard InChI is InChI=1S/C33H37Cl2N3O2/c1-22-16-23(2)18-26(17-22)32(40)37(3)20-25(24-8-10-28(34)29(35)19-24)9-11-31-33(12-14-36-15-13-33)27-6-4-5-7-30(27)38(31)21-39/h4-8,10,16-19,21,25,31,36H,9,11-15,20H2,1-3H3/t25-,31?/m1/s1. The van der Waals surface area contributed by atoms with E-state index >= 15 is 0 Å². The van der Waals surface area contributed by atoms with E-state index in [9.17, 15) is 9.59 Å². The highest BCUT2D eigenvalue weighted by Gasteiger charge is 2.50. The fourth-order valence-corrected chi connectivity index (χ4v) is 7.28. The van der Waals surface area contributed by atoms with Gasteiger partial charge in [0.25, 0.3) is 5.91 Å². The predicted octanol–water partition coefficient (Wildman–Crippen LogP) is 6.91. The van der Waals surface area contributed by atoms with Crippen molar-refractivity contribution in [3.63, 3.8) is 0 Å². The third-order valence-corrected chi connectivity index (χ3v) is 9.55. The Kier molecular flexibility index (Phi) is 8.55. The number of fused-ring (bicyclic) bond motifs is 2. The minimum absolute atomic E-state index is 0.00512. The highest BCUT2D eigenvalue weighted by atomic mass is 35.5. The van der Waals surface area contributed by atoms with Crippen LogP contribution in [0.25, 0.3) is 0 Å². The number of hydrogen-bond acceptors (Lipinski definition) is 3. The molecule has 1 spiro atoms. The Morgan fingerprint density at radius 3 is 2.42 bits per heavy atom. The quantitative estimate of drug-likeness (QED) is 0.296. The van der Waals surface area contributed by atoms with Crippen molar-refractivity contribution in [1.29, 1.82) is 0 Å². The predicted molar refractivity (Wildman–Crippen MR) is 164 cm³/mol. The first kappa shape index (κ1) is 28.7. The molecule has 0 bridgehead atoms. The molecule has 2 aliphatic heterocycles. The van der Waals surface area contributed by atoms with E-state index in [0.717, 1.165) is 67.6 Å². The Labute approximate surface area is 247 Å². The van der Waals surface area contributed by atoms with E-state index < -0.39 is 0 Å².